The van der Waals surface area contributed by atoms with Crippen LogP contribution in [0.4, 0.5) is 0 Å². The quantitative estimate of drug-likeness (QED) is 0.809. The zero-order chi connectivity index (χ0) is 14.2. The van der Waals surface area contributed by atoms with E-state index >= 15 is 0 Å². The fourth-order valence-electron chi connectivity index (χ4n) is 2.51. The number of piperidine rings is 1. The summed E-state index contributed by atoms with van der Waals surface area (Å²) in [5, 5.41) is 2.83. The molecular weight excluding hydrogens is 252 g/mol. The maximum absolute atomic E-state index is 11.8. The zero-order valence-corrected chi connectivity index (χ0v) is 12.2. The number of carbonyl (C=O) groups is 1. The van der Waals surface area contributed by atoms with Gasteiger partial charge in [-0.1, -0.05) is 18.6 Å². The number of hydrogen-bond acceptors (Lipinski definition) is 3. The second-order valence-electron chi connectivity index (χ2n) is 5.28. The number of methoxy groups -OCH3 is 1. The van der Waals surface area contributed by atoms with E-state index in [1.807, 2.05) is 12.1 Å². The largest absolute Gasteiger partial charge is 0.383 e. The minimum Gasteiger partial charge on any atom is -0.383 e. The monoisotopic (exact) mass is 276 g/mol. The molecule has 0 saturated carbocycles. The van der Waals surface area contributed by atoms with Gasteiger partial charge in [-0.2, -0.15) is 0 Å². The predicted octanol–water partition coefficient (Wildman–Crippen LogP) is 2.05. The number of nitrogens with zero attached hydrogens (tertiary/aromatic N) is 1. The Kier molecular flexibility index (Phi) is 6.02. The van der Waals surface area contributed by atoms with E-state index in [-0.39, 0.29) is 5.91 Å². The Labute approximate surface area is 121 Å². The van der Waals surface area contributed by atoms with Crippen LogP contribution in [0.25, 0.3) is 0 Å². The first-order valence-corrected chi connectivity index (χ1v) is 7.38. The molecule has 20 heavy (non-hydrogen) atoms. The van der Waals surface area contributed by atoms with Crippen LogP contribution in [-0.2, 0) is 11.3 Å². The molecule has 1 aliphatic rings. The maximum atomic E-state index is 11.8. The number of benzene rings is 1. The van der Waals surface area contributed by atoms with Gasteiger partial charge in [-0.15, -0.1) is 0 Å². The highest BCUT2D eigenvalue weighted by molar-refractivity contribution is 5.94. The van der Waals surface area contributed by atoms with Gasteiger partial charge in [-0.25, -0.2) is 0 Å². The highest BCUT2D eigenvalue weighted by Crippen LogP contribution is 2.13. The van der Waals surface area contributed by atoms with Crippen molar-refractivity contribution >= 4 is 5.91 Å². The number of nitrogens with one attached hydrogen (secondary N) is 1. The first-order valence-electron chi connectivity index (χ1n) is 7.38. The summed E-state index contributed by atoms with van der Waals surface area (Å²) < 4.78 is 4.91. The van der Waals surface area contributed by atoms with Gasteiger partial charge in [0.1, 0.15) is 0 Å². The van der Waals surface area contributed by atoms with Crippen molar-refractivity contribution in [1.29, 1.82) is 0 Å². The summed E-state index contributed by atoms with van der Waals surface area (Å²) in [7, 11) is 1.63. The van der Waals surface area contributed by atoms with E-state index in [4.69, 9.17) is 4.74 Å². The van der Waals surface area contributed by atoms with E-state index in [2.05, 4.69) is 22.3 Å². The lowest BCUT2D eigenvalue weighted by Gasteiger charge is -2.26. The van der Waals surface area contributed by atoms with Crippen LogP contribution in [0.3, 0.4) is 0 Å². The van der Waals surface area contributed by atoms with Gasteiger partial charge in [0.25, 0.3) is 5.91 Å². The highest BCUT2D eigenvalue weighted by Gasteiger charge is 2.11. The molecule has 0 bridgehead atoms. The predicted molar refractivity (Wildman–Crippen MR) is 79.8 cm³/mol. The molecule has 2 rings (SSSR count). The number of amides is 1. The summed E-state index contributed by atoms with van der Waals surface area (Å²) in [4.78, 5) is 14.3. The maximum Gasteiger partial charge on any atom is 0.251 e. The molecule has 110 valence electrons. The van der Waals surface area contributed by atoms with E-state index in [0.29, 0.717) is 18.7 Å². The van der Waals surface area contributed by atoms with Crippen LogP contribution in [0.15, 0.2) is 24.3 Å². The first kappa shape index (κ1) is 15.0. The molecule has 1 saturated heterocycles. The standard InChI is InChI=1S/C16H24N2O2/c1-20-12-9-17-16(19)15-7-5-14(6-8-15)13-18-10-3-2-4-11-18/h5-8H,2-4,9-13H2,1H3,(H,17,19). The number of ether oxygens (including phenoxy) is 1. The summed E-state index contributed by atoms with van der Waals surface area (Å²) in [6, 6.07) is 7.92. The van der Waals surface area contributed by atoms with Gasteiger partial charge in [0, 0.05) is 25.8 Å². The fourth-order valence-corrected chi connectivity index (χ4v) is 2.51. The van der Waals surface area contributed by atoms with E-state index in [1.54, 1.807) is 7.11 Å². The van der Waals surface area contributed by atoms with Crippen molar-refractivity contribution in [3.63, 3.8) is 0 Å². The van der Waals surface area contributed by atoms with Crippen molar-refractivity contribution in [1.82, 2.24) is 10.2 Å². The van der Waals surface area contributed by atoms with Crippen LogP contribution in [0.2, 0.25) is 0 Å². The minimum absolute atomic E-state index is 0.0356. The lowest BCUT2D eigenvalue weighted by Crippen LogP contribution is -2.29. The number of rotatable bonds is 6. The van der Waals surface area contributed by atoms with Crippen LogP contribution in [0.1, 0.15) is 35.2 Å². The Balaban J connectivity index is 1.83. The third kappa shape index (κ3) is 4.62. The molecule has 0 aromatic heterocycles. The molecule has 1 amide bonds. The van der Waals surface area contributed by atoms with E-state index in [1.165, 1.54) is 37.9 Å². The molecule has 1 fully saturated rings. The highest BCUT2D eigenvalue weighted by atomic mass is 16.5. The Morgan fingerprint density at radius 3 is 2.55 bits per heavy atom. The molecule has 1 aromatic carbocycles. The lowest BCUT2D eigenvalue weighted by molar-refractivity contribution is 0.0937. The second-order valence-corrected chi connectivity index (χ2v) is 5.28. The van der Waals surface area contributed by atoms with E-state index in [0.717, 1.165) is 6.54 Å². The topological polar surface area (TPSA) is 41.6 Å². The molecule has 0 atom stereocenters. The summed E-state index contributed by atoms with van der Waals surface area (Å²) >= 11 is 0. The molecular formula is C16H24N2O2. The fraction of sp³-hybridized carbons (Fsp3) is 0.562. The van der Waals surface area contributed by atoms with Crippen LogP contribution >= 0.6 is 0 Å². The van der Waals surface area contributed by atoms with Gasteiger partial charge in [-0.05, 0) is 43.6 Å². The molecule has 1 N–H and O–H groups in total. The van der Waals surface area contributed by atoms with Crippen molar-refractivity contribution in [2.45, 2.75) is 25.8 Å². The Morgan fingerprint density at radius 2 is 1.90 bits per heavy atom. The summed E-state index contributed by atoms with van der Waals surface area (Å²) in [6.45, 7) is 4.47. The van der Waals surface area contributed by atoms with Gasteiger partial charge in [0.15, 0.2) is 0 Å². The van der Waals surface area contributed by atoms with Crippen molar-refractivity contribution in [3.05, 3.63) is 35.4 Å². The summed E-state index contributed by atoms with van der Waals surface area (Å²) in [6.07, 6.45) is 3.97. The van der Waals surface area contributed by atoms with Gasteiger partial charge in [-0.3, -0.25) is 9.69 Å². The number of likely N-dealkylation sites (tertiary alicyclic amines) is 1. The molecule has 0 spiro atoms. The number of carbonyl (C=O) groups excluding carboxylic acids is 1. The van der Waals surface area contributed by atoms with Crippen molar-refractivity contribution in [2.24, 2.45) is 0 Å². The smallest absolute Gasteiger partial charge is 0.251 e. The van der Waals surface area contributed by atoms with Crippen LogP contribution < -0.4 is 5.32 Å². The normalized spacial score (nSPS) is 16.1. The van der Waals surface area contributed by atoms with Gasteiger partial charge < -0.3 is 10.1 Å². The van der Waals surface area contributed by atoms with Crippen LogP contribution in [0, 0.1) is 0 Å². The molecule has 1 heterocycles. The van der Waals surface area contributed by atoms with Gasteiger partial charge >= 0.3 is 0 Å². The van der Waals surface area contributed by atoms with E-state index in [9.17, 15) is 4.79 Å². The molecule has 4 nitrogen and oxygen atoms in total. The van der Waals surface area contributed by atoms with Crippen molar-refractivity contribution in [2.75, 3.05) is 33.4 Å². The number of hydrogen-bond donors (Lipinski definition) is 1. The second kappa shape index (κ2) is 8.02. The zero-order valence-electron chi connectivity index (χ0n) is 12.2. The minimum atomic E-state index is -0.0356. The molecule has 0 unspecified atom stereocenters. The van der Waals surface area contributed by atoms with Crippen LogP contribution in [0.5, 0.6) is 0 Å². The third-order valence-electron chi connectivity index (χ3n) is 3.66. The average Bonchev–Trinajstić information content (AvgIpc) is 2.49. The first-order chi connectivity index (χ1) is 9.79. The van der Waals surface area contributed by atoms with Crippen molar-refractivity contribution < 1.29 is 9.53 Å². The Morgan fingerprint density at radius 1 is 1.20 bits per heavy atom. The van der Waals surface area contributed by atoms with Gasteiger partial charge in [0.2, 0.25) is 0 Å². The summed E-state index contributed by atoms with van der Waals surface area (Å²) in [5.74, 6) is -0.0356. The molecule has 4 heteroatoms. The Hall–Kier alpha value is -1.39. The SMILES string of the molecule is COCCNC(=O)c1ccc(CN2CCCCC2)cc1. The Bertz CT molecular complexity index is 411. The molecule has 0 radical (unpaired) electrons. The third-order valence-corrected chi connectivity index (χ3v) is 3.66. The van der Waals surface area contributed by atoms with Crippen LogP contribution in [-0.4, -0.2) is 44.2 Å². The van der Waals surface area contributed by atoms with E-state index < -0.39 is 0 Å². The molecule has 0 aliphatic carbocycles. The van der Waals surface area contributed by atoms with Crippen molar-refractivity contribution in [3.8, 4) is 0 Å². The lowest BCUT2D eigenvalue weighted by atomic mass is 10.1. The molecule has 1 aromatic rings. The average molecular weight is 276 g/mol. The van der Waals surface area contributed by atoms with Gasteiger partial charge in [0.05, 0.1) is 6.61 Å². The molecule has 1 aliphatic heterocycles. The summed E-state index contributed by atoms with van der Waals surface area (Å²) in [5.41, 5.74) is 1.99.